The molecule has 0 fully saturated rings. The zero-order valence-electron chi connectivity index (χ0n) is 11.5. The molecule has 20 heavy (non-hydrogen) atoms. The second-order valence-electron chi connectivity index (χ2n) is 4.50. The van der Waals surface area contributed by atoms with Crippen LogP contribution in [0.2, 0.25) is 0 Å². The lowest BCUT2D eigenvalue weighted by Crippen LogP contribution is -2.15. The first-order valence-corrected chi connectivity index (χ1v) is 6.45. The Kier molecular flexibility index (Phi) is 3.85. The van der Waals surface area contributed by atoms with Gasteiger partial charge in [0.1, 0.15) is 4.99 Å². The largest absolute Gasteiger partial charge is 0.436 e. The summed E-state index contributed by atoms with van der Waals surface area (Å²) >= 11 is 4.93. The molecule has 1 amide bonds. The maximum Gasteiger partial charge on any atom is 0.293 e. The zero-order valence-corrected chi connectivity index (χ0v) is 12.3. The molecule has 0 aliphatic carbocycles. The number of benzene rings is 1. The molecule has 0 atom stereocenters. The van der Waals surface area contributed by atoms with Crippen LogP contribution in [-0.2, 0) is 0 Å². The van der Waals surface area contributed by atoms with Crippen molar-refractivity contribution >= 4 is 28.8 Å². The fraction of sp³-hybridized carbons (Fsp3) is 0.214. The maximum atomic E-state index is 12.2. The summed E-state index contributed by atoms with van der Waals surface area (Å²) < 4.78 is 5.29. The Morgan fingerprint density at radius 3 is 2.60 bits per heavy atom. The van der Waals surface area contributed by atoms with Crippen LogP contribution in [0.5, 0.6) is 0 Å². The molecule has 2 rings (SSSR count). The first-order valence-electron chi connectivity index (χ1n) is 6.04. The summed E-state index contributed by atoms with van der Waals surface area (Å²) in [6.07, 6.45) is 0. The summed E-state index contributed by atoms with van der Waals surface area (Å²) in [5.41, 5.74) is 8.41. The SMILES string of the molecule is Cc1nc(C)c(C(=O)Nc2cc(C(N)=S)ccc2C)o1. The summed E-state index contributed by atoms with van der Waals surface area (Å²) in [6.45, 7) is 5.31. The molecule has 104 valence electrons. The number of rotatable bonds is 3. The van der Waals surface area contributed by atoms with Crippen molar-refractivity contribution in [3.63, 3.8) is 0 Å². The number of nitrogens with one attached hydrogen (secondary N) is 1. The van der Waals surface area contributed by atoms with Gasteiger partial charge in [-0.3, -0.25) is 4.79 Å². The predicted molar refractivity (Wildman–Crippen MR) is 81.0 cm³/mol. The van der Waals surface area contributed by atoms with Gasteiger partial charge in [-0.25, -0.2) is 4.98 Å². The van der Waals surface area contributed by atoms with Gasteiger partial charge in [0.25, 0.3) is 5.91 Å². The van der Waals surface area contributed by atoms with Crippen LogP contribution < -0.4 is 11.1 Å². The molecular weight excluding hydrogens is 274 g/mol. The lowest BCUT2D eigenvalue weighted by atomic mass is 10.1. The third kappa shape index (κ3) is 2.85. The van der Waals surface area contributed by atoms with Gasteiger partial charge in [0.05, 0.1) is 5.69 Å². The molecule has 1 heterocycles. The number of thiocarbonyl (C=S) groups is 1. The summed E-state index contributed by atoms with van der Waals surface area (Å²) in [5, 5.41) is 2.79. The summed E-state index contributed by atoms with van der Waals surface area (Å²) in [6, 6.07) is 5.41. The minimum Gasteiger partial charge on any atom is -0.436 e. The number of aromatic nitrogens is 1. The molecule has 2 aromatic rings. The molecule has 0 radical (unpaired) electrons. The molecule has 0 aliphatic heterocycles. The van der Waals surface area contributed by atoms with Crippen molar-refractivity contribution in [2.45, 2.75) is 20.8 Å². The summed E-state index contributed by atoms with van der Waals surface area (Å²) in [7, 11) is 0. The maximum absolute atomic E-state index is 12.2. The molecule has 0 bridgehead atoms. The molecule has 3 N–H and O–H groups in total. The van der Waals surface area contributed by atoms with E-state index in [0.717, 1.165) is 5.56 Å². The van der Waals surface area contributed by atoms with Gasteiger partial charge in [-0.2, -0.15) is 0 Å². The van der Waals surface area contributed by atoms with Gasteiger partial charge in [0, 0.05) is 18.2 Å². The Balaban J connectivity index is 2.30. The fourth-order valence-corrected chi connectivity index (χ4v) is 1.96. The minimum absolute atomic E-state index is 0.211. The highest BCUT2D eigenvalue weighted by molar-refractivity contribution is 7.80. The van der Waals surface area contributed by atoms with Crippen LogP contribution in [0.3, 0.4) is 0 Å². The van der Waals surface area contributed by atoms with Crippen LogP contribution in [0, 0.1) is 20.8 Å². The molecule has 0 unspecified atom stereocenters. The monoisotopic (exact) mass is 289 g/mol. The second kappa shape index (κ2) is 5.42. The third-order valence-electron chi connectivity index (χ3n) is 2.88. The van der Waals surface area contributed by atoms with Crippen molar-refractivity contribution < 1.29 is 9.21 Å². The highest BCUT2D eigenvalue weighted by Crippen LogP contribution is 2.19. The van der Waals surface area contributed by atoms with Gasteiger partial charge in [-0.05, 0) is 25.5 Å². The fourth-order valence-electron chi connectivity index (χ4n) is 1.83. The van der Waals surface area contributed by atoms with Crippen LogP contribution in [0.25, 0.3) is 0 Å². The molecule has 6 heteroatoms. The van der Waals surface area contributed by atoms with Crippen LogP contribution >= 0.6 is 12.2 Å². The molecule has 0 aliphatic rings. The van der Waals surface area contributed by atoms with E-state index in [1.165, 1.54) is 0 Å². The molecule has 5 nitrogen and oxygen atoms in total. The van der Waals surface area contributed by atoms with E-state index >= 15 is 0 Å². The highest BCUT2D eigenvalue weighted by atomic mass is 32.1. The molecular formula is C14H15N3O2S. The van der Waals surface area contributed by atoms with E-state index in [0.29, 0.717) is 22.8 Å². The van der Waals surface area contributed by atoms with E-state index in [4.69, 9.17) is 22.4 Å². The van der Waals surface area contributed by atoms with Crippen molar-refractivity contribution in [3.8, 4) is 0 Å². The number of anilines is 1. The first kappa shape index (κ1) is 14.2. The lowest BCUT2D eigenvalue weighted by Gasteiger charge is -2.09. The molecule has 1 aromatic carbocycles. The number of nitrogens with two attached hydrogens (primary N) is 1. The number of nitrogens with zero attached hydrogens (tertiary/aromatic N) is 1. The Morgan fingerprint density at radius 2 is 2.05 bits per heavy atom. The number of amides is 1. The van der Waals surface area contributed by atoms with Crippen molar-refractivity contribution in [1.82, 2.24) is 4.98 Å². The standard InChI is InChI=1S/C14H15N3O2S/c1-7-4-5-10(13(15)20)6-11(7)17-14(18)12-8(2)16-9(3)19-12/h4-6H,1-3H3,(H2,15,20)(H,17,18). The van der Waals surface area contributed by atoms with Gasteiger partial charge >= 0.3 is 0 Å². The van der Waals surface area contributed by atoms with Crippen LogP contribution in [0.4, 0.5) is 5.69 Å². The number of oxazole rings is 1. The van der Waals surface area contributed by atoms with Crippen LogP contribution in [0.15, 0.2) is 22.6 Å². The number of carbonyl (C=O) groups is 1. The Bertz CT molecular complexity index is 692. The Morgan fingerprint density at radius 1 is 1.35 bits per heavy atom. The average molecular weight is 289 g/mol. The normalized spacial score (nSPS) is 10.3. The predicted octanol–water partition coefficient (Wildman–Crippen LogP) is 2.49. The molecule has 0 saturated heterocycles. The number of carbonyl (C=O) groups excluding carboxylic acids is 1. The van der Waals surface area contributed by atoms with Gasteiger partial charge in [-0.1, -0.05) is 24.4 Å². The first-order chi connectivity index (χ1) is 9.38. The van der Waals surface area contributed by atoms with Crippen LogP contribution in [0.1, 0.15) is 33.3 Å². The van der Waals surface area contributed by atoms with Gasteiger partial charge in [0.15, 0.2) is 5.89 Å². The number of hydrogen-bond donors (Lipinski definition) is 2. The van der Waals surface area contributed by atoms with E-state index in [9.17, 15) is 4.79 Å². The Labute approximate surface area is 122 Å². The van der Waals surface area contributed by atoms with Gasteiger partial charge in [-0.15, -0.1) is 0 Å². The number of hydrogen-bond acceptors (Lipinski definition) is 4. The van der Waals surface area contributed by atoms with Crippen molar-refractivity contribution in [1.29, 1.82) is 0 Å². The number of aryl methyl sites for hydroxylation is 3. The molecule has 1 aromatic heterocycles. The summed E-state index contributed by atoms with van der Waals surface area (Å²) in [5.74, 6) is 0.329. The highest BCUT2D eigenvalue weighted by Gasteiger charge is 2.17. The quantitative estimate of drug-likeness (QED) is 0.848. The second-order valence-corrected chi connectivity index (χ2v) is 4.94. The van der Waals surface area contributed by atoms with E-state index in [1.807, 2.05) is 19.1 Å². The van der Waals surface area contributed by atoms with Crippen molar-refractivity contribution in [3.05, 3.63) is 46.7 Å². The minimum atomic E-state index is -0.341. The third-order valence-corrected chi connectivity index (χ3v) is 3.12. The van der Waals surface area contributed by atoms with Crippen LogP contribution in [-0.4, -0.2) is 15.9 Å². The van der Waals surface area contributed by atoms with Gasteiger partial charge < -0.3 is 15.5 Å². The smallest absolute Gasteiger partial charge is 0.293 e. The molecule has 0 saturated carbocycles. The Hall–Kier alpha value is -2.21. The molecule has 0 spiro atoms. The lowest BCUT2D eigenvalue weighted by molar-refractivity contribution is 0.0994. The van der Waals surface area contributed by atoms with E-state index in [2.05, 4.69) is 10.3 Å². The average Bonchev–Trinajstić information content (AvgIpc) is 2.71. The summed E-state index contributed by atoms with van der Waals surface area (Å²) in [4.78, 5) is 16.5. The topological polar surface area (TPSA) is 81.2 Å². The van der Waals surface area contributed by atoms with Crippen molar-refractivity contribution in [2.24, 2.45) is 5.73 Å². The van der Waals surface area contributed by atoms with E-state index < -0.39 is 0 Å². The van der Waals surface area contributed by atoms with E-state index in [-0.39, 0.29) is 16.7 Å². The van der Waals surface area contributed by atoms with E-state index in [1.54, 1.807) is 19.9 Å². The van der Waals surface area contributed by atoms with Crippen molar-refractivity contribution in [2.75, 3.05) is 5.32 Å². The zero-order chi connectivity index (χ0) is 14.9. The van der Waals surface area contributed by atoms with Gasteiger partial charge in [0.2, 0.25) is 5.76 Å².